The van der Waals surface area contributed by atoms with Crippen LogP contribution in [0.3, 0.4) is 0 Å². The number of methoxy groups -OCH3 is 2. The number of fused-ring (bicyclic) bond motifs is 1. The van der Waals surface area contributed by atoms with Gasteiger partial charge in [0.15, 0.2) is 0 Å². The number of esters is 1. The Kier molecular flexibility index (Phi) is 8.48. The van der Waals surface area contributed by atoms with E-state index in [2.05, 4.69) is 12.2 Å². The Morgan fingerprint density at radius 2 is 2.07 bits per heavy atom. The summed E-state index contributed by atoms with van der Waals surface area (Å²) in [5.74, 6) is -1.46. The first-order valence-electron chi connectivity index (χ1n) is 10.4. The maximum absolute atomic E-state index is 13.3. The van der Waals surface area contributed by atoms with Crippen LogP contribution >= 0.6 is 0 Å². The van der Waals surface area contributed by atoms with Crippen LogP contribution in [0.4, 0.5) is 0 Å². The lowest BCUT2D eigenvalue weighted by molar-refractivity contribution is -0.155. The summed E-state index contributed by atoms with van der Waals surface area (Å²) in [5.41, 5.74) is -0.332. The lowest BCUT2D eigenvalue weighted by atomic mass is 9.71. The highest BCUT2D eigenvalue weighted by Crippen LogP contribution is 2.52. The monoisotopic (exact) mass is 394 g/mol. The van der Waals surface area contributed by atoms with E-state index < -0.39 is 17.3 Å². The molecule has 158 valence electrons. The third kappa shape index (κ3) is 4.57. The predicted molar refractivity (Wildman–Crippen MR) is 105 cm³/mol. The summed E-state index contributed by atoms with van der Waals surface area (Å²) in [7, 11) is 2.98. The number of carbonyl (C=O) groups excluding carboxylic acids is 3. The molecule has 7 heteroatoms. The molecule has 1 aliphatic carbocycles. The first kappa shape index (κ1) is 22.4. The van der Waals surface area contributed by atoms with Gasteiger partial charge in [0.05, 0.1) is 13.0 Å². The van der Waals surface area contributed by atoms with Crippen molar-refractivity contribution >= 4 is 17.8 Å². The average Bonchev–Trinajstić information content (AvgIpc) is 2.83. The summed E-state index contributed by atoms with van der Waals surface area (Å²) in [4.78, 5) is 40.6. The first-order chi connectivity index (χ1) is 13.5. The summed E-state index contributed by atoms with van der Waals surface area (Å²) < 4.78 is 10.3. The third-order valence-corrected chi connectivity index (χ3v) is 5.79. The molecule has 1 fully saturated rings. The number of rotatable bonds is 10. The molecule has 1 heterocycles. The van der Waals surface area contributed by atoms with E-state index in [9.17, 15) is 14.4 Å². The second-order valence-corrected chi connectivity index (χ2v) is 7.59. The smallest absolute Gasteiger partial charge is 0.318 e. The molecular formula is C21H34N2O5. The molecule has 2 aliphatic rings. The average molecular weight is 395 g/mol. The molecule has 0 aromatic heterocycles. The van der Waals surface area contributed by atoms with Crippen molar-refractivity contribution in [3.05, 3.63) is 11.8 Å². The lowest BCUT2D eigenvalue weighted by Crippen LogP contribution is -2.41. The molecule has 28 heavy (non-hydrogen) atoms. The van der Waals surface area contributed by atoms with Gasteiger partial charge in [-0.2, -0.15) is 0 Å². The van der Waals surface area contributed by atoms with Gasteiger partial charge in [0.2, 0.25) is 11.8 Å². The van der Waals surface area contributed by atoms with Gasteiger partial charge in [0, 0.05) is 38.9 Å². The van der Waals surface area contributed by atoms with Crippen LogP contribution in [0.1, 0.15) is 58.3 Å². The lowest BCUT2D eigenvalue weighted by Gasteiger charge is -2.31. The van der Waals surface area contributed by atoms with Gasteiger partial charge in [-0.15, -0.1) is 0 Å². The van der Waals surface area contributed by atoms with Crippen LogP contribution in [0, 0.1) is 11.3 Å². The normalized spacial score (nSPS) is 24.4. The maximum Gasteiger partial charge on any atom is 0.318 e. The van der Waals surface area contributed by atoms with Crippen LogP contribution in [-0.4, -0.2) is 56.6 Å². The largest absolute Gasteiger partial charge is 0.468 e. The zero-order valence-electron chi connectivity index (χ0n) is 17.4. The third-order valence-electron chi connectivity index (χ3n) is 5.79. The van der Waals surface area contributed by atoms with Crippen molar-refractivity contribution in [3.63, 3.8) is 0 Å². The number of amides is 2. The predicted octanol–water partition coefficient (Wildman–Crippen LogP) is 2.41. The second kappa shape index (κ2) is 10.6. The molecule has 0 aromatic carbocycles. The summed E-state index contributed by atoms with van der Waals surface area (Å²) in [6.07, 6.45) is 7.68. The number of likely N-dealkylation sites (tertiary alicyclic amines) is 1. The Hall–Kier alpha value is -1.89. The Labute approximate surface area is 167 Å². The van der Waals surface area contributed by atoms with E-state index in [1.165, 1.54) is 7.11 Å². The van der Waals surface area contributed by atoms with Gasteiger partial charge in [-0.25, -0.2) is 0 Å². The number of nitrogens with zero attached hydrogens (tertiary/aromatic N) is 1. The highest BCUT2D eigenvalue weighted by molar-refractivity contribution is 5.98. The zero-order chi connectivity index (χ0) is 20.6. The Morgan fingerprint density at radius 1 is 1.29 bits per heavy atom. The van der Waals surface area contributed by atoms with E-state index in [1.54, 1.807) is 12.0 Å². The molecular weight excluding hydrogens is 360 g/mol. The fourth-order valence-corrected chi connectivity index (χ4v) is 4.37. The highest BCUT2D eigenvalue weighted by Gasteiger charge is 2.61. The van der Waals surface area contributed by atoms with E-state index in [-0.39, 0.29) is 18.2 Å². The molecule has 0 saturated carbocycles. The van der Waals surface area contributed by atoms with Crippen LogP contribution < -0.4 is 5.32 Å². The van der Waals surface area contributed by atoms with Crippen molar-refractivity contribution in [3.8, 4) is 0 Å². The fraction of sp³-hybridized carbons (Fsp3) is 0.762. The number of ether oxygens (including phenoxy) is 2. The van der Waals surface area contributed by atoms with Crippen molar-refractivity contribution in [2.45, 2.75) is 58.3 Å². The first-order valence-corrected chi connectivity index (χ1v) is 10.4. The van der Waals surface area contributed by atoms with Crippen LogP contribution in [-0.2, 0) is 23.9 Å². The van der Waals surface area contributed by atoms with Crippen molar-refractivity contribution in [1.82, 2.24) is 10.2 Å². The Bertz CT molecular complexity index is 604. The molecule has 0 aromatic rings. The van der Waals surface area contributed by atoms with E-state index in [1.807, 2.05) is 6.08 Å². The van der Waals surface area contributed by atoms with Crippen molar-refractivity contribution in [2.75, 3.05) is 33.9 Å². The standard InChI is InChI=1S/C21H34N2O5/c1-4-5-12-22-18(24)15-16-19(25)23(13-9-14-27-2)17-10-7-6-8-11-21(16,17)20(26)28-3/h10,16H,4-9,11-15H2,1-3H3,(H,22,24)/t16-,21+/m0/s1. The quantitative estimate of drug-likeness (QED) is 0.454. The molecule has 7 nitrogen and oxygen atoms in total. The molecule has 1 N–H and O–H groups in total. The van der Waals surface area contributed by atoms with Crippen molar-refractivity contribution < 1.29 is 23.9 Å². The minimum Gasteiger partial charge on any atom is -0.468 e. The van der Waals surface area contributed by atoms with Gasteiger partial charge in [0.25, 0.3) is 0 Å². The summed E-state index contributed by atoms with van der Waals surface area (Å²) in [6.45, 7) is 3.65. The molecule has 0 spiro atoms. The van der Waals surface area contributed by atoms with Crippen LogP contribution in [0.15, 0.2) is 11.8 Å². The minimum absolute atomic E-state index is 0.00969. The van der Waals surface area contributed by atoms with E-state index in [4.69, 9.17) is 9.47 Å². The van der Waals surface area contributed by atoms with Crippen molar-refractivity contribution in [2.24, 2.45) is 11.3 Å². The van der Waals surface area contributed by atoms with Gasteiger partial charge < -0.3 is 19.7 Å². The van der Waals surface area contributed by atoms with Gasteiger partial charge in [-0.05, 0) is 32.1 Å². The minimum atomic E-state index is -1.06. The SMILES string of the molecule is CCCCNC(=O)C[C@H]1C(=O)N(CCCOC)C2=CCCCC[C@]21C(=O)OC. The number of carbonyl (C=O) groups is 3. The molecule has 0 radical (unpaired) electrons. The van der Waals surface area contributed by atoms with Crippen LogP contribution in [0.25, 0.3) is 0 Å². The molecule has 2 atom stereocenters. The van der Waals surface area contributed by atoms with Gasteiger partial charge >= 0.3 is 5.97 Å². The Balaban J connectivity index is 2.34. The second-order valence-electron chi connectivity index (χ2n) is 7.59. The Morgan fingerprint density at radius 3 is 2.75 bits per heavy atom. The van der Waals surface area contributed by atoms with Gasteiger partial charge in [0.1, 0.15) is 5.41 Å². The number of allylic oxidation sites excluding steroid dienone is 1. The van der Waals surface area contributed by atoms with Gasteiger partial charge in [-0.1, -0.05) is 25.8 Å². The van der Waals surface area contributed by atoms with E-state index in [0.29, 0.717) is 32.5 Å². The molecule has 2 amide bonds. The van der Waals surface area contributed by atoms with Gasteiger partial charge in [-0.3, -0.25) is 14.4 Å². The fourth-order valence-electron chi connectivity index (χ4n) is 4.37. The molecule has 0 bridgehead atoms. The highest BCUT2D eigenvalue weighted by atomic mass is 16.5. The molecule has 1 saturated heterocycles. The molecule has 0 unspecified atom stereocenters. The molecule has 2 rings (SSSR count). The number of hydrogen-bond donors (Lipinski definition) is 1. The topological polar surface area (TPSA) is 84.9 Å². The molecule has 1 aliphatic heterocycles. The number of unbranched alkanes of at least 4 members (excludes halogenated alkanes) is 1. The van der Waals surface area contributed by atoms with Crippen LogP contribution in [0.5, 0.6) is 0 Å². The number of nitrogens with one attached hydrogen (secondary N) is 1. The van der Waals surface area contributed by atoms with E-state index >= 15 is 0 Å². The summed E-state index contributed by atoms with van der Waals surface area (Å²) in [6, 6.07) is 0. The summed E-state index contributed by atoms with van der Waals surface area (Å²) >= 11 is 0. The number of hydrogen-bond acceptors (Lipinski definition) is 5. The summed E-state index contributed by atoms with van der Waals surface area (Å²) in [5, 5.41) is 2.88. The van der Waals surface area contributed by atoms with E-state index in [0.717, 1.165) is 37.8 Å². The zero-order valence-corrected chi connectivity index (χ0v) is 17.4. The maximum atomic E-state index is 13.3. The van der Waals surface area contributed by atoms with Crippen molar-refractivity contribution in [1.29, 1.82) is 0 Å². The van der Waals surface area contributed by atoms with Crippen LogP contribution in [0.2, 0.25) is 0 Å².